The number of carbonyl (C=O) groups is 1. The molecule has 0 radical (unpaired) electrons. The zero-order chi connectivity index (χ0) is 21.4. The number of rotatable bonds is 9. The zero-order valence-corrected chi connectivity index (χ0v) is 18.1. The van der Waals surface area contributed by atoms with Gasteiger partial charge in [0.25, 0.3) is 0 Å². The average molecular weight is 421 g/mol. The van der Waals surface area contributed by atoms with Crippen LogP contribution in [0.1, 0.15) is 23.6 Å². The van der Waals surface area contributed by atoms with Crippen molar-refractivity contribution < 1.29 is 22.1 Å². The fraction of sp³-hybridized carbons (Fsp3) is 0.381. The Kier molecular flexibility index (Phi) is 8.04. The maximum atomic E-state index is 12.9. The second-order valence-corrected chi connectivity index (χ2v) is 8.53. The van der Waals surface area contributed by atoms with Crippen LogP contribution in [0.5, 0.6) is 5.75 Å². The number of hydrogen-bond donors (Lipinski definition) is 1. The number of hydrogen-bond acceptors (Lipinski definition) is 5. The van der Waals surface area contributed by atoms with Crippen LogP contribution in [0, 0.1) is 13.8 Å². The molecule has 0 saturated heterocycles. The first-order valence-electron chi connectivity index (χ1n) is 9.38. The van der Waals surface area contributed by atoms with Crippen molar-refractivity contribution in [1.29, 1.82) is 0 Å². The summed E-state index contributed by atoms with van der Waals surface area (Å²) in [5, 5.41) is 2.95. The van der Waals surface area contributed by atoms with E-state index in [1.807, 2.05) is 38.1 Å². The highest BCUT2D eigenvalue weighted by Crippen LogP contribution is 2.20. The van der Waals surface area contributed by atoms with Gasteiger partial charge in [0.15, 0.2) is 0 Å². The SMILES string of the molecule is CCS(=O)(=O)Oc1cccc(CN(CCOC)C(=O)Nc2cccc(C)c2C)c1. The van der Waals surface area contributed by atoms with E-state index >= 15 is 0 Å². The fourth-order valence-electron chi connectivity index (χ4n) is 2.66. The Morgan fingerprint density at radius 2 is 1.86 bits per heavy atom. The predicted octanol–water partition coefficient (Wildman–Crippen LogP) is 3.71. The van der Waals surface area contributed by atoms with Crippen molar-refractivity contribution in [2.45, 2.75) is 27.3 Å². The number of urea groups is 1. The van der Waals surface area contributed by atoms with Crippen LogP contribution in [0.15, 0.2) is 42.5 Å². The smallest absolute Gasteiger partial charge is 0.322 e. The van der Waals surface area contributed by atoms with Crippen molar-refractivity contribution in [2.75, 3.05) is 31.3 Å². The molecule has 29 heavy (non-hydrogen) atoms. The third-order valence-corrected chi connectivity index (χ3v) is 5.70. The number of anilines is 1. The minimum Gasteiger partial charge on any atom is -0.383 e. The van der Waals surface area contributed by atoms with E-state index in [2.05, 4.69) is 5.32 Å². The van der Waals surface area contributed by atoms with Crippen LogP contribution in [0.25, 0.3) is 0 Å². The van der Waals surface area contributed by atoms with Crippen molar-refractivity contribution in [2.24, 2.45) is 0 Å². The van der Waals surface area contributed by atoms with Gasteiger partial charge in [-0.2, -0.15) is 8.42 Å². The number of nitrogens with zero attached hydrogens (tertiary/aromatic N) is 1. The molecule has 0 aliphatic carbocycles. The molecule has 2 aromatic rings. The maximum Gasteiger partial charge on any atom is 0.322 e. The van der Waals surface area contributed by atoms with E-state index in [-0.39, 0.29) is 24.1 Å². The quantitative estimate of drug-likeness (QED) is 0.625. The molecule has 2 rings (SSSR count). The molecule has 0 aromatic heterocycles. The molecule has 0 bridgehead atoms. The fourth-order valence-corrected chi connectivity index (χ4v) is 3.17. The van der Waals surface area contributed by atoms with Gasteiger partial charge in [-0.1, -0.05) is 24.3 Å². The number of ether oxygens (including phenoxy) is 1. The minimum atomic E-state index is -3.61. The topological polar surface area (TPSA) is 84.9 Å². The standard InChI is InChI=1S/C21H28N2O5S/c1-5-29(25,26)28-19-10-7-9-18(14-19)15-23(12-13-27-4)21(24)22-20-11-6-8-16(2)17(20)3/h6-11,14H,5,12-13,15H2,1-4H3,(H,22,24). The molecule has 7 nitrogen and oxygen atoms in total. The molecule has 0 aliphatic rings. The summed E-state index contributed by atoms with van der Waals surface area (Å²) in [5.74, 6) is 0.112. The third-order valence-electron chi connectivity index (χ3n) is 4.55. The number of aryl methyl sites for hydroxylation is 1. The van der Waals surface area contributed by atoms with Crippen LogP contribution < -0.4 is 9.50 Å². The molecule has 2 aromatic carbocycles. The average Bonchev–Trinajstić information content (AvgIpc) is 2.68. The minimum absolute atomic E-state index is 0.116. The van der Waals surface area contributed by atoms with Gasteiger partial charge in [-0.15, -0.1) is 0 Å². The van der Waals surface area contributed by atoms with Crippen LogP contribution in [0.3, 0.4) is 0 Å². The number of carbonyl (C=O) groups excluding carboxylic acids is 1. The molecule has 0 atom stereocenters. The molecule has 0 unspecified atom stereocenters. The van der Waals surface area contributed by atoms with Crippen molar-refractivity contribution in [3.05, 3.63) is 59.2 Å². The molecule has 0 fully saturated rings. The summed E-state index contributed by atoms with van der Waals surface area (Å²) in [4.78, 5) is 14.5. The highest BCUT2D eigenvalue weighted by atomic mass is 32.2. The Morgan fingerprint density at radius 1 is 1.14 bits per heavy atom. The van der Waals surface area contributed by atoms with E-state index in [1.165, 1.54) is 6.92 Å². The Bertz CT molecular complexity index is 944. The maximum absolute atomic E-state index is 12.9. The second kappa shape index (κ2) is 10.3. The predicted molar refractivity (Wildman–Crippen MR) is 114 cm³/mol. The van der Waals surface area contributed by atoms with E-state index < -0.39 is 10.1 Å². The number of nitrogens with one attached hydrogen (secondary N) is 1. The summed E-state index contributed by atoms with van der Waals surface area (Å²) in [6.45, 7) is 6.50. The van der Waals surface area contributed by atoms with Crippen molar-refractivity contribution in [3.63, 3.8) is 0 Å². The largest absolute Gasteiger partial charge is 0.383 e. The van der Waals surface area contributed by atoms with Crippen LogP contribution in [0.2, 0.25) is 0 Å². The van der Waals surface area contributed by atoms with Gasteiger partial charge in [-0.25, -0.2) is 4.79 Å². The monoisotopic (exact) mass is 420 g/mol. The summed E-state index contributed by atoms with van der Waals surface area (Å²) in [6.07, 6.45) is 0. The Balaban J connectivity index is 2.18. The van der Waals surface area contributed by atoms with E-state index in [4.69, 9.17) is 8.92 Å². The van der Waals surface area contributed by atoms with Crippen LogP contribution in [-0.4, -0.2) is 45.4 Å². The van der Waals surface area contributed by atoms with Gasteiger partial charge in [0, 0.05) is 25.9 Å². The molecule has 0 saturated carbocycles. The third kappa shape index (κ3) is 6.76. The lowest BCUT2D eigenvalue weighted by atomic mass is 10.1. The number of benzene rings is 2. The lowest BCUT2D eigenvalue weighted by Crippen LogP contribution is -2.37. The van der Waals surface area contributed by atoms with Gasteiger partial charge in [0.1, 0.15) is 5.75 Å². The van der Waals surface area contributed by atoms with Gasteiger partial charge >= 0.3 is 16.1 Å². The van der Waals surface area contributed by atoms with Gasteiger partial charge in [0.05, 0.1) is 12.4 Å². The summed E-state index contributed by atoms with van der Waals surface area (Å²) >= 11 is 0. The first kappa shape index (κ1) is 22.7. The molecule has 0 aliphatic heterocycles. The Hall–Kier alpha value is -2.58. The molecular formula is C21H28N2O5S. The lowest BCUT2D eigenvalue weighted by Gasteiger charge is -2.24. The Labute approximate surface area is 172 Å². The molecule has 158 valence electrons. The summed E-state index contributed by atoms with van der Waals surface area (Å²) in [5.41, 5.74) is 3.60. The van der Waals surface area contributed by atoms with Gasteiger partial charge < -0.3 is 19.1 Å². The van der Waals surface area contributed by atoms with Gasteiger partial charge in [-0.3, -0.25) is 0 Å². The zero-order valence-electron chi connectivity index (χ0n) is 17.3. The van der Waals surface area contributed by atoms with Crippen molar-refractivity contribution in [1.82, 2.24) is 4.90 Å². The van der Waals surface area contributed by atoms with Crippen LogP contribution in [-0.2, 0) is 21.4 Å². The summed E-state index contributed by atoms with van der Waals surface area (Å²) in [7, 11) is -2.04. The van der Waals surface area contributed by atoms with E-state index in [9.17, 15) is 13.2 Å². The molecule has 8 heteroatoms. The first-order valence-corrected chi connectivity index (χ1v) is 11.0. The van der Waals surface area contributed by atoms with E-state index in [0.29, 0.717) is 13.2 Å². The first-order chi connectivity index (χ1) is 13.8. The molecule has 0 spiro atoms. The highest BCUT2D eigenvalue weighted by Gasteiger charge is 2.16. The molecule has 0 heterocycles. The van der Waals surface area contributed by atoms with Crippen molar-refractivity contribution >= 4 is 21.8 Å². The number of methoxy groups -OCH3 is 1. The second-order valence-electron chi connectivity index (χ2n) is 6.67. The number of amides is 2. The normalized spacial score (nSPS) is 11.2. The van der Waals surface area contributed by atoms with Crippen molar-refractivity contribution in [3.8, 4) is 5.75 Å². The summed E-state index contributed by atoms with van der Waals surface area (Å²) < 4.78 is 33.6. The lowest BCUT2D eigenvalue weighted by molar-refractivity contribution is 0.153. The van der Waals surface area contributed by atoms with Crippen LogP contribution >= 0.6 is 0 Å². The summed E-state index contributed by atoms with van der Waals surface area (Å²) in [6, 6.07) is 12.2. The molecular weight excluding hydrogens is 392 g/mol. The molecule has 1 N–H and O–H groups in total. The van der Waals surface area contributed by atoms with Crippen LogP contribution in [0.4, 0.5) is 10.5 Å². The Morgan fingerprint density at radius 3 is 2.55 bits per heavy atom. The highest BCUT2D eigenvalue weighted by molar-refractivity contribution is 7.87. The van der Waals surface area contributed by atoms with Gasteiger partial charge in [-0.05, 0) is 55.7 Å². The van der Waals surface area contributed by atoms with E-state index in [1.54, 1.807) is 30.2 Å². The van der Waals surface area contributed by atoms with Gasteiger partial charge in [0.2, 0.25) is 0 Å². The molecule has 2 amide bonds. The van der Waals surface area contributed by atoms with E-state index in [0.717, 1.165) is 22.4 Å².